The summed E-state index contributed by atoms with van der Waals surface area (Å²) in [6.07, 6.45) is 5.33. The molecular weight excluding hydrogens is 158 g/mol. The summed E-state index contributed by atoms with van der Waals surface area (Å²) in [5.41, 5.74) is 1.36. The summed E-state index contributed by atoms with van der Waals surface area (Å²) >= 11 is 0. The Hall–Kier alpha value is -0.590. The average molecular weight is 181 g/mol. The van der Waals surface area contributed by atoms with Gasteiger partial charge in [-0.25, -0.2) is 0 Å². The van der Waals surface area contributed by atoms with Crippen LogP contribution in [0.15, 0.2) is 16.8 Å². The molecule has 0 spiro atoms. The van der Waals surface area contributed by atoms with E-state index in [2.05, 4.69) is 45.7 Å². The molecule has 0 aromatic heterocycles. The van der Waals surface area contributed by atoms with Gasteiger partial charge in [-0.2, -0.15) is 0 Å². The third-order valence-electron chi connectivity index (χ3n) is 2.12. The second kappa shape index (κ2) is 5.21. The summed E-state index contributed by atoms with van der Waals surface area (Å²) in [6.45, 7) is 13.0. The molecule has 76 valence electrons. The van der Waals surface area contributed by atoms with Gasteiger partial charge in [-0.1, -0.05) is 47.1 Å². The minimum Gasteiger partial charge on any atom is -0.266 e. The predicted octanol–water partition coefficient (Wildman–Crippen LogP) is 4.05. The zero-order valence-corrected chi connectivity index (χ0v) is 9.89. The second-order valence-corrected chi connectivity index (χ2v) is 4.57. The molecule has 0 bridgehead atoms. The Morgan fingerprint density at radius 1 is 1.38 bits per heavy atom. The molecule has 0 saturated heterocycles. The summed E-state index contributed by atoms with van der Waals surface area (Å²) in [4.78, 5) is 4.42. The third kappa shape index (κ3) is 4.87. The Morgan fingerprint density at radius 3 is 2.23 bits per heavy atom. The lowest BCUT2D eigenvalue weighted by Crippen LogP contribution is -2.09. The van der Waals surface area contributed by atoms with Crippen molar-refractivity contribution in [1.82, 2.24) is 0 Å². The van der Waals surface area contributed by atoms with Crippen LogP contribution in [0, 0.1) is 11.3 Å². The van der Waals surface area contributed by atoms with Gasteiger partial charge >= 0.3 is 0 Å². The molecule has 0 heterocycles. The zero-order chi connectivity index (χ0) is 10.5. The molecule has 1 unspecified atom stereocenters. The molecule has 0 amide bonds. The molecule has 0 aliphatic rings. The minimum atomic E-state index is 0.163. The third-order valence-corrected chi connectivity index (χ3v) is 2.12. The van der Waals surface area contributed by atoms with Crippen molar-refractivity contribution < 1.29 is 0 Å². The van der Waals surface area contributed by atoms with Crippen LogP contribution in [0.4, 0.5) is 0 Å². The Kier molecular flexibility index (Phi) is 4.97. The fourth-order valence-electron chi connectivity index (χ4n) is 1.01. The van der Waals surface area contributed by atoms with Crippen molar-refractivity contribution in [3.63, 3.8) is 0 Å². The van der Waals surface area contributed by atoms with Crippen molar-refractivity contribution in [2.75, 3.05) is 0 Å². The van der Waals surface area contributed by atoms with E-state index >= 15 is 0 Å². The fourth-order valence-corrected chi connectivity index (χ4v) is 1.01. The number of hydrogen-bond donors (Lipinski definition) is 0. The molecule has 0 aromatic rings. The van der Waals surface area contributed by atoms with Crippen LogP contribution >= 0.6 is 0 Å². The van der Waals surface area contributed by atoms with Crippen molar-refractivity contribution in [2.24, 2.45) is 16.3 Å². The van der Waals surface area contributed by atoms with E-state index in [-0.39, 0.29) is 5.41 Å². The first-order valence-electron chi connectivity index (χ1n) is 5.12. The van der Waals surface area contributed by atoms with Gasteiger partial charge in [-0.3, -0.25) is 4.99 Å². The highest BCUT2D eigenvalue weighted by molar-refractivity contribution is 5.55. The van der Waals surface area contributed by atoms with Crippen LogP contribution in [0.5, 0.6) is 0 Å². The first-order valence-corrected chi connectivity index (χ1v) is 5.12. The average Bonchev–Trinajstić information content (AvgIpc) is 2.01. The molecule has 0 rings (SSSR count). The van der Waals surface area contributed by atoms with Crippen LogP contribution < -0.4 is 0 Å². The van der Waals surface area contributed by atoms with Crippen LogP contribution in [-0.2, 0) is 0 Å². The highest BCUT2D eigenvalue weighted by Gasteiger charge is 2.16. The van der Waals surface area contributed by atoms with E-state index < -0.39 is 0 Å². The van der Waals surface area contributed by atoms with E-state index in [0.29, 0.717) is 5.92 Å². The maximum atomic E-state index is 4.42. The Labute approximate surface area is 83.0 Å². The Balaban J connectivity index is 4.70. The van der Waals surface area contributed by atoms with Gasteiger partial charge in [0.05, 0.1) is 0 Å². The van der Waals surface area contributed by atoms with Crippen LogP contribution in [-0.4, -0.2) is 6.21 Å². The first-order chi connectivity index (χ1) is 5.91. The Bertz CT molecular complexity index is 194. The smallest absolute Gasteiger partial charge is 0.0415 e. The summed E-state index contributed by atoms with van der Waals surface area (Å²) in [6, 6.07) is 0. The lowest BCUT2D eigenvalue weighted by molar-refractivity contribution is 0.489. The van der Waals surface area contributed by atoms with E-state index in [0.717, 1.165) is 0 Å². The van der Waals surface area contributed by atoms with Gasteiger partial charge in [-0.05, 0) is 12.8 Å². The van der Waals surface area contributed by atoms with E-state index in [4.69, 9.17) is 0 Å². The lowest BCUT2D eigenvalue weighted by Gasteiger charge is -2.20. The molecule has 0 aliphatic carbocycles. The topological polar surface area (TPSA) is 12.4 Å². The van der Waals surface area contributed by atoms with Gasteiger partial charge in [-0.15, -0.1) is 0 Å². The number of rotatable bonds is 3. The molecule has 0 N–H and O–H groups in total. The van der Waals surface area contributed by atoms with Gasteiger partial charge in [0.1, 0.15) is 0 Å². The van der Waals surface area contributed by atoms with Crippen LogP contribution in [0.25, 0.3) is 0 Å². The molecule has 0 aromatic carbocycles. The van der Waals surface area contributed by atoms with Gasteiger partial charge < -0.3 is 0 Å². The summed E-state index contributed by atoms with van der Waals surface area (Å²) < 4.78 is 0. The SMILES string of the molecule is C/C=N\C(=C/C(C)CC)C(C)(C)C. The number of aliphatic imine (C=N–C) groups is 1. The summed E-state index contributed by atoms with van der Waals surface area (Å²) in [5, 5.41) is 0. The number of nitrogens with zero attached hydrogens (tertiary/aromatic N) is 1. The standard InChI is InChI=1S/C12H23N/c1-7-10(3)9-11(13-8-2)12(4,5)6/h8-10H,7H2,1-6H3/b11-9-,13-8-. The zero-order valence-electron chi connectivity index (χ0n) is 9.89. The maximum Gasteiger partial charge on any atom is 0.0415 e. The normalized spacial score (nSPS) is 16.6. The van der Waals surface area contributed by atoms with Crippen LogP contribution in [0.3, 0.4) is 0 Å². The molecular formula is C12H23N. The highest BCUT2D eigenvalue weighted by Crippen LogP contribution is 2.27. The second-order valence-electron chi connectivity index (χ2n) is 4.57. The number of hydrogen-bond acceptors (Lipinski definition) is 1. The Morgan fingerprint density at radius 2 is 1.92 bits per heavy atom. The van der Waals surface area contributed by atoms with Crippen LogP contribution in [0.2, 0.25) is 0 Å². The van der Waals surface area contributed by atoms with E-state index in [1.54, 1.807) is 0 Å². The van der Waals surface area contributed by atoms with Gasteiger partial charge in [0.25, 0.3) is 0 Å². The molecule has 1 nitrogen and oxygen atoms in total. The monoisotopic (exact) mass is 181 g/mol. The summed E-state index contributed by atoms with van der Waals surface area (Å²) in [7, 11) is 0. The highest BCUT2D eigenvalue weighted by atomic mass is 14.7. The van der Waals surface area contributed by atoms with Crippen molar-refractivity contribution in [2.45, 2.75) is 48.0 Å². The largest absolute Gasteiger partial charge is 0.266 e. The van der Waals surface area contributed by atoms with Crippen LogP contribution in [0.1, 0.15) is 48.0 Å². The van der Waals surface area contributed by atoms with Crippen molar-refractivity contribution in [1.29, 1.82) is 0 Å². The van der Waals surface area contributed by atoms with Crippen molar-refractivity contribution in [3.05, 3.63) is 11.8 Å². The fraction of sp³-hybridized carbons (Fsp3) is 0.750. The van der Waals surface area contributed by atoms with E-state index in [1.807, 2.05) is 13.1 Å². The molecule has 1 heteroatoms. The molecule has 0 radical (unpaired) electrons. The first kappa shape index (κ1) is 12.4. The molecule has 13 heavy (non-hydrogen) atoms. The van der Waals surface area contributed by atoms with E-state index in [1.165, 1.54) is 12.1 Å². The molecule has 0 fully saturated rings. The molecule has 1 atom stereocenters. The molecule has 0 saturated carbocycles. The minimum absolute atomic E-state index is 0.163. The number of allylic oxidation sites excluding steroid dienone is 2. The summed E-state index contributed by atoms with van der Waals surface area (Å²) in [5.74, 6) is 0.623. The lowest BCUT2D eigenvalue weighted by atomic mass is 9.89. The van der Waals surface area contributed by atoms with Gasteiger partial charge in [0.15, 0.2) is 0 Å². The molecule has 0 aliphatic heterocycles. The van der Waals surface area contributed by atoms with Gasteiger partial charge in [0, 0.05) is 17.3 Å². The van der Waals surface area contributed by atoms with Crippen molar-refractivity contribution in [3.8, 4) is 0 Å². The quantitative estimate of drug-likeness (QED) is 0.582. The predicted molar refractivity (Wildman–Crippen MR) is 61.2 cm³/mol. The van der Waals surface area contributed by atoms with Gasteiger partial charge in [0.2, 0.25) is 0 Å². The van der Waals surface area contributed by atoms with Crippen molar-refractivity contribution >= 4 is 6.21 Å². The maximum absolute atomic E-state index is 4.42. The van der Waals surface area contributed by atoms with E-state index in [9.17, 15) is 0 Å².